The highest BCUT2D eigenvalue weighted by Crippen LogP contribution is 2.66. The molecule has 10 heteroatoms. The van der Waals surface area contributed by atoms with Crippen LogP contribution in [0.1, 0.15) is 75.0 Å². The minimum absolute atomic E-state index is 0.0341. The lowest BCUT2D eigenvalue weighted by Gasteiger charge is -2.27. The average molecular weight is 693 g/mol. The quantitative estimate of drug-likeness (QED) is 0.0993. The first-order valence-corrected chi connectivity index (χ1v) is 16.8. The van der Waals surface area contributed by atoms with Gasteiger partial charge in [-0.05, 0) is 76.3 Å². The number of ether oxygens (including phenoxy) is 3. The number of allylic oxidation sites excluding steroid dienone is 2. The number of benzene rings is 5. The third kappa shape index (κ3) is 4.24. The third-order valence-corrected chi connectivity index (χ3v) is 10.9. The normalized spacial score (nSPS) is 24.7. The number of ketones is 2. The van der Waals surface area contributed by atoms with Crippen LogP contribution in [-0.2, 0) is 14.3 Å². The summed E-state index contributed by atoms with van der Waals surface area (Å²) >= 11 is 0. The molecule has 5 aliphatic rings. The zero-order valence-corrected chi connectivity index (χ0v) is 27.1. The third-order valence-electron chi connectivity index (χ3n) is 10.9. The number of phenolic OH excluding ortho intramolecular Hbond substituents is 5. The van der Waals surface area contributed by atoms with E-state index in [-0.39, 0.29) is 40.1 Å². The van der Waals surface area contributed by atoms with Crippen LogP contribution in [0, 0.1) is 0 Å². The Morgan fingerprint density at radius 1 is 0.442 bits per heavy atom. The molecule has 1 saturated heterocycles. The van der Waals surface area contributed by atoms with E-state index < -0.39 is 47.6 Å². The number of aromatic hydroxyl groups is 5. The van der Waals surface area contributed by atoms with Crippen LogP contribution >= 0.6 is 0 Å². The molecule has 0 saturated carbocycles. The predicted molar refractivity (Wildman–Crippen MR) is 184 cm³/mol. The lowest BCUT2D eigenvalue weighted by atomic mass is 9.73. The van der Waals surface area contributed by atoms with Crippen LogP contribution in [0.2, 0.25) is 0 Å². The Bertz CT molecular complexity index is 2440. The van der Waals surface area contributed by atoms with Gasteiger partial charge in [0.2, 0.25) is 11.6 Å². The molecule has 10 rings (SSSR count). The van der Waals surface area contributed by atoms with E-state index in [1.54, 1.807) is 60.7 Å². The summed E-state index contributed by atoms with van der Waals surface area (Å²) in [5.41, 5.74) is 5.07. The van der Waals surface area contributed by atoms with Gasteiger partial charge < -0.3 is 39.7 Å². The van der Waals surface area contributed by atoms with Crippen LogP contribution < -0.4 is 9.47 Å². The molecule has 0 bridgehead atoms. The van der Waals surface area contributed by atoms with Crippen LogP contribution in [-0.4, -0.2) is 37.1 Å². The summed E-state index contributed by atoms with van der Waals surface area (Å²) in [5, 5.41) is 53.1. The number of rotatable bonds is 3. The number of hydrogen-bond acceptors (Lipinski definition) is 10. The van der Waals surface area contributed by atoms with Crippen molar-refractivity contribution in [2.45, 2.75) is 36.1 Å². The molecule has 3 heterocycles. The van der Waals surface area contributed by atoms with Gasteiger partial charge in [-0.15, -0.1) is 0 Å². The Kier molecular flexibility index (Phi) is 6.19. The summed E-state index contributed by atoms with van der Waals surface area (Å²) in [6.45, 7) is 0. The fourth-order valence-electron chi connectivity index (χ4n) is 8.79. The topological polar surface area (TPSA) is 163 Å². The molecule has 52 heavy (non-hydrogen) atoms. The van der Waals surface area contributed by atoms with Crippen molar-refractivity contribution in [1.82, 2.24) is 0 Å². The fraction of sp³-hybridized carbons (Fsp3) is 0.143. The number of carbonyl (C=O) groups is 2. The van der Waals surface area contributed by atoms with Gasteiger partial charge in [0.1, 0.15) is 64.3 Å². The lowest BCUT2D eigenvalue weighted by Crippen LogP contribution is -2.28. The van der Waals surface area contributed by atoms with Crippen molar-refractivity contribution in [2.24, 2.45) is 0 Å². The first kappa shape index (κ1) is 30.2. The van der Waals surface area contributed by atoms with Gasteiger partial charge in [0.25, 0.3) is 0 Å². The summed E-state index contributed by atoms with van der Waals surface area (Å²) in [6, 6.07) is 25.8. The molecule has 0 amide bonds. The van der Waals surface area contributed by atoms with E-state index in [0.717, 1.165) is 0 Å². The zero-order valence-electron chi connectivity index (χ0n) is 27.1. The molecule has 5 aromatic carbocycles. The molecule has 256 valence electrons. The second-order valence-corrected chi connectivity index (χ2v) is 13.7. The van der Waals surface area contributed by atoms with Crippen molar-refractivity contribution in [1.29, 1.82) is 0 Å². The second kappa shape index (κ2) is 10.7. The van der Waals surface area contributed by atoms with Gasteiger partial charge in [-0.2, -0.15) is 0 Å². The van der Waals surface area contributed by atoms with Crippen LogP contribution in [0.3, 0.4) is 0 Å². The second-order valence-electron chi connectivity index (χ2n) is 13.7. The lowest BCUT2D eigenvalue weighted by molar-refractivity contribution is -0.132. The van der Waals surface area contributed by atoms with Gasteiger partial charge in [0.15, 0.2) is 0 Å². The van der Waals surface area contributed by atoms with E-state index in [2.05, 4.69) is 0 Å². The summed E-state index contributed by atoms with van der Waals surface area (Å²) in [4.78, 5) is 28.2. The molecule has 0 unspecified atom stereocenters. The van der Waals surface area contributed by atoms with E-state index >= 15 is 0 Å². The number of fused-ring (bicyclic) bond motifs is 3. The molecule has 3 aliphatic heterocycles. The van der Waals surface area contributed by atoms with Crippen molar-refractivity contribution >= 4 is 11.6 Å². The Morgan fingerprint density at radius 2 is 0.865 bits per heavy atom. The van der Waals surface area contributed by atoms with Crippen molar-refractivity contribution in [3.05, 3.63) is 159 Å². The molecule has 6 atom stereocenters. The van der Waals surface area contributed by atoms with Crippen LogP contribution in [0.25, 0.3) is 0 Å². The van der Waals surface area contributed by atoms with Gasteiger partial charge in [-0.25, -0.2) is 0 Å². The van der Waals surface area contributed by atoms with E-state index in [1.165, 1.54) is 42.5 Å². The number of carbonyl (C=O) groups excluding carboxylic acids is 2. The Morgan fingerprint density at radius 3 is 1.37 bits per heavy atom. The summed E-state index contributed by atoms with van der Waals surface area (Å²) in [7, 11) is 0. The van der Waals surface area contributed by atoms with E-state index in [4.69, 9.17) is 14.2 Å². The van der Waals surface area contributed by atoms with E-state index in [9.17, 15) is 35.1 Å². The number of Topliss-reactive ketones (excluding diaryl/α,β-unsaturated/α-hetero) is 1. The molecule has 5 N–H and O–H groups in total. The molecule has 0 aromatic heterocycles. The molecular formula is C42H28O10. The highest BCUT2D eigenvalue weighted by molar-refractivity contribution is 6.49. The predicted octanol–water partition coefficient (Wildman–Crippen LogP) is 6.90. The van der Waals surface area contributed by atoms with Crippen molar-refractivity contribution in [3.8, 4) is 40.2 Å². The maximum atomic E-state index is 14.5. The maximum absolute atomic E-state index is 14.5. The fourth-order valence-corrected chi connectivity index (χ4v) is 8.79. The maximum Gasteiger partial charge on any atom is 0.230 e. The summed E-state index contributed by atoms with van der Waals surface area (Å²) < 4.78 is 20.0. The van der Waals surface area contributed by atoms with Gasteiger partial charge >= 0.3 is 0 Å². The van der Waals surface area contributed by atoms with Gasteiger partial charge in [0.05, 0.1) is 17.8 Å². The summed E-state index contributed by atoms with van der Waals surface area (Å²) in [5.74, 6) is -2.93. The van der Waals surface area contributed by atoms with Crippen molar-refractivity contribution < 1.29 is 49.3 Å². The van der Waals surface area contributed by atoms with Crippen molar-refractivity contribution in [3.63, 3.8) is 0 Å². The van der Waals surface area contributed by atoms with E-state index in [0.29, 0.717) is 56.0 Å². The van der Waals surface area contributed by atoms with Crippen molar-refractivity contribution in [2.75, 3.05) is 0 Å². The smallest absolute Gasteiger partial charge is 0.230 e. The Labute approximate surface area is 295 Å². The van der Waals surface area contributed by atoms with E-state index in [1.807, 2.05) is 0 Å². The van der Waals surface area contributed by atoms with Crippen LogP contribution in [0.4, 0.5) is 0 Å². The molecule has 0 radical (unpaired) electrons. The molecular weight excluding hydrogens is 664 g/mol. The van der Waals surface area contributed by atoms with Gasteiger partial charge in [-0.3, -0.25) is 9.59 Å². The Hall–Kier alpha value is -6.68. The number of phenols is 5. The van der Waals surface area contributed by atoms with Gasteiger partial charge in [-0.1, -0.05) is 36.4 Å². The van der Waals surface area contributed by atoms with Gasteiger partial charge in [0, 0.05) is 40.5 Å². The Balaban J connectivity index is 1.34. The molecule has 0 spiro atoms. The highest BCUT2D eigenvalue weighted by atomic mass is 16.5. The minimum atomic E-state index is -0.887. The van der Waals surface area contributed by atoms with Crippen LogP contribution in [0.15, 0.2) is 120 Å². The monoisotopic (exact) mass is 692 g/mol. The standard InChI is InChI=1S/C42H28O10/c43-21-7-1-18(2-8-21)40-34-27-14-25(47)16-30-33(27)38(42(51-30)20-5-11-23(45)12-6-20)37-36-31(17-28(48)39(37)49)52-41(19-3-9-22(44)10-4-19)35(36)26-13-24(46)15-29(50-40)32(26)34/h1-17,34-35,38,40-47H/t34-,35-,38-,40+,41+,42-/m1/s1. The average Bonchev–Trinajstić information content (AvgIpc) is 3.81. The SMILES string of the molecule is O=C1C=C2O[C@@H](c3ccc(O)cc3)[C@H]3C2=C(C1=O)[C@H]1c2c(cc(O)cc2[C@@H]2c4c(cc(O)cc43)O[C@H]2c2ccc(O)cc2)O[C@@H]1c1ccc(O)cc1. The highest BCUT2D eigenvalue weighted by Gasteiger charge is 2.55. The first-order chi connectivity index (χ1) is 25.1. The first-order valence-electron chi connectivity index (χ1n) is 16.8. The number of hydrogen-bond donors (Lipinski definition) is 5. The molecule has 10 nitrogen and oxygen atoms in total. The largest absolute Gasteiger partial charge is 0.508 e. The molecule has 2 aliphatic carbocycles. The molecule has 1 fully saturated rings. The summed E-state index contributed by atoms with van der Waals surface area (Å²) in [6.07, 6.45) is -1.19. The van der Waals surface area contributed by atoms with Crippen LogP contribution in [0.5, 0.6) is 40.2 Å². The zero-order chi connectivity index (χ0) is 35.6. The molecule has 5 aromatic rings. The minimum Gasteiger partial charge on any atom is -0.508 e.